The predicted molar refractivity (Wildman–Crippen MR) is 114 cm³/mol. The van der Waals surface area contributed by atoms with Gasteiger partial charge in [0.05, 0.1) is 11.6 Å². The molecule has 6 heteroatoms. The summed E-state index contributed by atoms with van der Waals surface area (Å²) in [5.41, 5.74) is 2.39. The van der Waals surface area contributed by atoms with E-state index in [9.17, 15) is 14.7 Å². The van der Waals surface area contributed by atoms with Crippen molar-refractivity contribution in [2.24, 2.45) is 7.05 Å². The molecule has 1 fully saturated rings. The highest BCUT2D eigenvalue weighted by atomic mass is 35.5. The smallest absolute Gasteiger partial charge is 0.295 e. The van der Waals surface area contributed by atoms with Crippen molar-refractivity contribution in [2.75, 3.05) is 6.54 Å². The van der Waals surface area contributed by atoms with Gasteiger partial charge in [-0.25, -0.2) is 0 Å². The highest BCUT2D eigenvalue weighted by molar-refractivity contribution is 6.46. The molecule has 0 bridgehead atoms. The van der Waals surface area contributed by atoms with E-state index in [0.717, 1.165) is 16.5 Å². The van der Waals surface area contributed by atoms with Crippen molar-refractivity contribution in [1.29, 1.82) is 0 Å². The number of carbonyl (C=O) groups is 2. The summed E-state index contributed by atoms with van der Waals surface area (Å²) in [6.45, 7) is 2.38. The summed E-state index contributed by atoms with van der Waals surface area (Å²) in [7, 11) is 1.93. The second kappa shape index (κ2) is 7.41. The zero-order valence-electron chi connectivity index (χ0n) is 16.2. The van der Waals surface area contributed by atoms with E-state index in [1.165, 1.54) is 0 Å². The van der Waals surface area contributed by atoms with Crippen LogP contribution in [0.25, 0.3) is 16.7 Å². The van der Waals surface area contributed by atoms with E-state index in [1.807, 2.05) is 49.0 Å². The third kappa shape index (κ3) is 3.12. The number of aliphatic hydroxyl groups excluding tert-OH is 1. The van der Waals surface area contributed by atoms with E-state index in [0.29, 0.717) is 23.6 Å². The Kier molecular flexibility index (Phi) is 4.92. The molecule has 0 aliphatic carbocycles. The minimum absolute atomic E-state index is 0.113. The number of ketones is 1. The Morgan fingerprint density at radius 2 is 1.79 bits per heavy atom. The molecule has 1 aliphatic heterocycles. The van der Waals surface area contributed by atoms with E-state index in [4.69, 9.17) is 11.6 Å². The molecule has 1 unspecified atom stereocenters. The number of para-hydroxylation sites is 1. The Morgan fingerprint density at radius 1 is 1.10 bits per heavy atom. The van der Waals surface area contributed by atoms with E-state index in [2.05, 4.69) is 0 Å². The predicted octanol–water partition coefficient (Wildman–Crippen LogP) is 4.66. The highest BCUT2D eigenvalue weighted by Gasteiger charge is 2.46. The average molecular weight is 409 g/mol. The highest BCUT2D eigenvalue weighted by Crippen LogP contribution is 2.42. The second-order valence-electron chi connectivity index (χ2n) is 7.21. The quantitative estimate of drug-likeness (QED) is 0.388. The maximum Gasteiger partial charge on any atom is 0.295 e. The van der Waals surface area contributed by atoms with Gasteiger partial charge in [0.2, 0.25) is 0 Å². The van der Waals surface area contributed by atoms with Gasteiger partial charge in [0.1, 0.15) is 5.76 Å². The molecule has 0 spiro atoms. The number of Topliss-reactive ketones (excluding diaryl/α,β-unsaturated/α-hetero) is 1. The number of fused-ring (bicyclic) bond motifs is 1. The van der Waals surface area contributed by atoms with Gasteiger partial charge in [0.25, 0.3) is 11.7 Å². The normalized spacial score (nSPS) is 18.7. The van der Waals surface area contributed by atoms with Crippen LogP contribution in [0.5, 0.6) is 0 Å². The van der Waals surface area contributed by atoms with Gasteiger partial charge >= 0.3 is 0 Å². The number of carbonyl (C=O) groups excluding carboxylic acids is 2. The number of benzene rings is 2. The number of hydrogen-bond donors (Lipinski definition) is 1. The van der Waals surface area contributed by atoms with Gasteiger partial charge in [-0.1, -0.05) is 36.7 Å². The third-order valence-electron chi connectivity index (χ3n) is 5.34. The molecule has 1 N–H and O–H groups in total. The first kappa shape index (κ1) is 19.3. The molecule has 1 aromatic heterocycles. The summed E-state index contributed by atoms with van der Waals surface area (Å²) in [6.07, 6.45) is 2.63. The van der Waals surface area contributed by atoms with Crippen molar-refractivity contribution in [3.05, 3.63) is 76.5 Å². The van der Waals surface area contributed by atoms with E-state index in [-0.39, 0.29) is 11.3 Å². The Labute approximate surface area is 173 Å². The van der Waals surface area contributed by atoms with Crippen LogP contribution in [0.15, 0.2) is 60.3 Å². The molecule has 4 rings (SSSR count). The summed E-state index contributed by atoms with van der Waals surface area (Å²) in [4.78, 5) is 27.3. The molecule has 5 nitrogen and oxygen atoms in total. The van der Waals surface area contributed by atoms with Crippen LogP contribution in [-0.4, -0.2) is 32.8 Å². The molecular weight excluding hydrogens is 388 g/mol. The van der Waals surface area contributed by atoms with Gasteiger partial charge in [-0.3, -0.25) is 9.59 Å². The lowest BCUT2D eigenvalue weighted by atomic mass is 9.95. The van der Waals surface area contributed by atoms with Crippen molar-refractivity contribution >= 4 is 40.0 Å². The van der Waals surface area contributed by atoms with Gasteiger partial charge in [-0.15, -0.1) is 0 Å². The Bertz CT molecular complexity index is 1140. The van der Waals surface area contributed by atoms with E-state index in [1.54, 1.807) is 29.2 Å². The van der Waals surface area contributed by atoms with Gasteiger partial charge in [-0.2, -0.15) is 0 Å². The fraction of sp³-hybridized carbons (Fsp3) is 0.217. The molecule has 3 aromatic rings. The standard InChI is InChI=1S/C23H21ClN2O3/c1-3-12-26-20(17-13-25(2)18-7-5-4-6-16(17)18)19(22(28)23(26)29)21(27)14-8-10-15(24)11-9-14/h4-11,13,20,27H,3,12H2,1-2H3/b21-19+. The summed E-state index contributed by atoms with van der Waals surface area (Å²) in [6, 6.07) is 13.8. The molecular formula is C23H21ClN2O3. The lowest BCUT2D eigenvalue weighted by Crippen LogP contribution is -2.30. The van der Waals surface area contributed by atoms with Crippen molar-refractivity contribution in [3.8, 4) is 0 Å². The minimum Gasteiger partial charge on any atom is -0.507 e. The monoisotopic (exact) mass is 408 g/mol. The number of aromatic nitrogens is 1. The number of aliphatic hydroxyl groups is 1. The van der Waals surface area contributed by atoms with Crippen molar-refractivity contribution in [1.82, 2.24) is 9.47 Å². The Morgan fingerprint density at radius 3 is 2.48 bits per heavy atom. The molecule has 29 heavy (non-hydrogen) atoms. The maximum absolute atomic E-state index is 13.0. The molecule has 2 aromatic carbocycles. The van der Waals surface area contributed by atoms with Crippen LogP contribution in [0.3, 0.4) is 0 Å². The minimum atomic E-state index is -0.663. The SMILES string of the molecule is CCCN1C(=O)C(=O)/C(=C(/O)c2ccc(Cl)cc2)C1c1cn(C)c2ccccc12. The lowest BCUT2D eigenvalue weighted by Gasteiger charge is -2.24. The number of hydrogen-bond acceptors (Lipinski definition) is 3. The zero-order chi connectivity index (χ0) is 20.7. The molecule has 2 heterocycles. The van der Waals surface area contributed by atoms with Crippen LogP contribution < -0.4 is 0 Å². The number of halogens is 1. The molecule has 1 aliphatic rings. The summed E-state index contributed by atoms with van der Waals surface area (Å²) in [5.74, 6) is -1.43. The first-order valence-electron chi connectivity index (χ1n) is 9.52. The van der Waals surface area contributed by atoms with Crippen LogP contribution in [-0.2, 0) is 16.6 Å². The largest absolute Gasteiger partial charge is 0.507 e. The molecule has 0 radical (unpaired) electrons. The molecule has 0 saturated carbocycles. The fourth-order valence-corrected chi connectivity index (χ4v) is 4.16. The summed E-state index contributed by atoms with van der Waals surface area (Å²) < 4.78 is 1.97. The van der Waals surface area contributed by atoms with Gasteiger partial charge in [0, 0.05) is 46.8 Å². The van der Waals surface area contributed by atoms with E-state index < -0.39 is 17.7 Å². The number of amides is 1. The Balaban J connectivity index is 1.97. The number of aryl methyl sites for hydroxylation is 1. The van der Waals surface area contributed by atoms with Gasteiger partial charge < -0.3 is 14.6 Å². The Hall–Kier alpha value is -3.05. The zero-order valence-corrected chi connectivity index (χ0v) is 17.0. The van der Waals surface area contributed by atoms with Crippen LogP contribution >= 0.6 is 11.6 Å². The number of nitrogens with zero attached hydrogens (tertiary/aromatic N) is 2. The van der Waals surface area contributed by atoms with Gasteiger partial charge in [-0.05, 0) is 36.8 Å². The number of rotatable bonds is 4. The van der Waals surface area contributed by atoms with Crippen LogP contribution in [0.4, 0.5) is 0 Å². The fourth-order valence-electron chi connectivity index (χ4n) is 4.03. The third-order valence-corrected chi connectivity index (χ3v) is 5.60. The first-order chi connectivity index (χ1) is 13.9. The van der Waals surface area contributed by atoms with Gasteiger partial charge in [0.15, 0.2) is 0 Å². The maximum atomic E-state index is 13.0. The van der Waals surface area contributed by atoms with Crippen LogP contribution in [0, 0.1) is 0 Å². The summed E-state index contributed by atoms with van der Waals surface area (Å²) >= 11 is 5.96. The molecule has 1 amide bonds. The van der Waals surface area contributed by atoms with E-state index >= 15 is 0 Å². The van der Waals surface area contributed by atoms with Crippen molar-refractivity contribution < 1.29 is 14.7 Å². The average Bonchev–Trinajstić information content (AvgIpc) is 3.18. The van der Waals surface area contributed by atoms with Crippen LogP contribution in [0.2, 0.25) is 5.02 Å². The second-order valence-corrected chi connectivity index (χ2v) is 7.65. The van der Waals surface area contributed by atoms with Crippen molar-refractivity contribution in [2.45, 2.75) is 19.4 Å². The first-order valence-corrected chi connectivity index (χ1v) is 9.90. The topological polar surface area (TPSA) is 62.5 Å². The number of likely N-dealkylation sites (tertiary alicyclic amines) is 1. The molecule has 1 atom stereocenters. The summed E-state index contributed by atoms with van der Waals surface area (Å²) in [5, 5.41) is 12.5. The van der Waals surface area contributed by atoms with Crippen molar-refractivity contribution in [3.63, 3.8) is 0 Å². The lowest BCUT2D eigenvalue weighted by molar-refractivity contribution is -0.139. The van der Waals surface area contributed by atoms with Crippen LogP contribution in [0.1, 0.15) is 30.5 Å². The molecule has 148 valence electrons. The molecule has 1 saturated heterocycles.